The monoisotopic (exact) mass is 264 g/mol. The molecule has 3 aliphatic rings. The molecule has 0 radical (unpaired) electrons. The highest BCUT2D eigenvalue weighted by Crippen LogP contribution is 2.34. The van der Waals surface area contributed by atoms with Crippen LogP contribution in [0.15, 0.2) is 0 Å². The minimum Gasteiger partial charge on any atom is -0.338 e. The Labute approximate surface area is 117 Å². The number of rotatable bonds is 4. The molecule has 0 aromatic heterocycles. The van der Waals surface area contributed by atoms with Gasteiger partial charge in [0.25, 0.3) is 0 Å². The molecule has 3 heteroatoms. The quantitative estimate of drug-likeness (QED) is 0.846. The second-order valence-electron chi connectivity index (χ2n) is 7.06. The molecular weight excluding hydrogens is 236 g/mol. The molecule has 0 aromatic rings. The highest BCUT2D eigenvalue weighted by atomic mass is 16.2. The van der Waals surface area contributed by atoms with Gasteiger partial charge in [0.05, 0.1) is 5.54 Å². The van der Waals surface area contributed by atoms with Crippen LogP contribution in [0.2, 0.25) is 0 Å². The van der Waals surface area contributed by atoms with Gasteiger partial charge in [0.15, 0.2) is 0 Å². The lowest BCUT2D eigenvalue weighted by Gasteiger charge is -2.35. The predicted molar refractivity (Wildman–Crippen MR) is 77.0 cm³/mol. The molecule has 3 fully saturated rings. The third kappa shape index (κ3) is 2.96. The van der Waals surface area contributed by atoms with Crippen molar-refractivity contribution in [3.63, 3.8) is 0 Å². The number of amides is 1. The summed E-state index contributed by atoms with van der Waals surface area (Å²) in [4.78, 5) is 15.1. The van der Waals surface area contributed by atoms with Crippen molar-refractivity contribution in [1.29, 1.82) is 0 Å². The maximum absolute atomic E-state index is 12.9. The van der Waals surface area contributed by atoms with E-state index in [-0.39, 0.29) is 5.54 Å². The van der Waals surface area contributed by atoms with Crippen LogP contribution < -0.4 is 5.32 Å². The van der Waals surface area contributed by atoms with Crippen LogP contribution in [-0.2, 0) is 4.79 Å². The van der Waals surface area contributed by atoms with E-state index in [2.05, 4.69) is 17.1 Å². The SMILES string of the molecule is CC1(C(=O)N(CC2CCCCC2)C2CC2)CCCN1. The van der Waals surface area contributed by atoms with E-state index in [9.17, 15) is 4.79 Å². The molecule has 0 bridgehead atoms. The zero-order valence-electron chi connectivity index (χ0n) is 12.3. The normalized spacial score (nSPS) is 32.5. The molecule has 1 atom stereocenters. The van der Waals surface area contributed by atoms with Crippen molar-refractivity contribution in [2.75, 3.05) is 13.1 Å². The summed E-state index contributed by atoms with van der Waals surface area (Å²) in [5.74, 6) is 1.15. The van der Waals surface area contributed by atoms with Gasteiger partial charge in [-0.15, -0.1) is 0 Å². The second kappa shape index (κ2) is 5.43. The van der Waals surface area contributed by atoms with Crippen LogP contribution in [0.3, 0.4) is 0 Å². The highest BCUT2D eigenvalue weighted by molar-refractivity contribution is 5.86. The van der Waals surface area contributed by atoms with Crippen molar-refractivity contribution in [2.45, 2.75) is 76.3 Å². The van der Waals surface area contributed by atoms with E-state index in [1.807, 2.05) is 0 Å². The number of carbonyl (C=O) groups excluding carboxylic acids is 1. The molecule has 19 heavy (non-hydrogen) atoms. The standard InChI is InChI=1S/C16H28N2O/c1-16(10-5-11-17-16)15(19)18(14-8-9-14)12-13-6-3-2-4-7-13/h13-14,17H,2-12H2,1H3. The Kier molecular flexibility index (Phi) is 3.84. The van der Waals surface area contributed by atoms with Crippen molar-refractivity contribution in [2.24, 2.45) is 5.92 Å². The molecule has 3 rings (SSSR count). The first kappa shape index (κ1) is 13.4. The fourth-order valence-corrected chi connectivity index (χ4v) is 3.83. The van der Waals surface area contributed by atoms with Crippen LogP contribution in [0.25, 0.3) is 0 Å². The van der Waals surface area contributed by atoms with Gasteiger partial charge in [-0.05, 0) is 57.9 Å². The average molecular weight is 264 g/mol. The van der Waals surface area contributed by atoms with Crippen molar-refractivity contribution in [1.82, 2.24) is 10.2 Å². The van der Waals surface area contributed by atoms with E-state index >= 15 is 0 Å². The number of hydrogen-bond acceptors (Lipinski definition) is 2. The maximum Gasteiger partial charge on any atom is 0.242 e. The highest BCUT2D eigenvalue weighted by Gasteiger charge is 2.44. The Balaban J connectivity index is 1.64. The first-order valence-electron chi connectivity index (χ1n) is 8.25. The molecule has 1 unspecified atom stereocenters. The summed E-state index contributed by atoms with van der Waals surface area (Å²) in [5.41, 5.74) is -0.267. The summed E-state index contributed by atoms with van der Waals surface area (Å²) in [7, 11) is 0. The lowest BCUT2D eigenvalue weighted by Crippen LogP contribution is -2.54. The van der Waals surface area contributed by atoms with Crippen LogP contribution in [0.1, 0.15) is 64.7 Å². The van der Waals surface area contributed by atoms with Crippen molar-refractivity contribution >= 4 is 5.91 Å². The summed E-state index contributed by atoms with van der Waals surface area (Å²) in [5, 5.41) is 3.44. The maximum atomic E-state index is 12.9. The molecule has 0 aromatic carbocycles. The van der Waals surface area contributed by atoms with Gasteiger partial charge in [-0.1, -0.05) is 19.3 Å². The van der Waals surface area contributed by atoms with E-state index in [1.165, 1.54) is 44.9 Å². The summed E-state index contributed by atoms with van der Waals surface area (Å²) in [6.07, 6.45) is 11.4. The molecule has 1 N–H and O–H groups in total. The topological polar surface area (TPSA) is 32.3 Å². The van der Waals surface area contributed by atoms with Crippen molar-refractivity contribution < 1.29 is 4.79 Å². The van der Waals surface area contributed by atoms with Gasteiger partial charge < -0.3 is 10.2 Å². The lowest BCUT2D eigenvalue weighted by atomic mass is 9.88. The molecule has 1 saturated heterocycles. The van der Waals surface area contributed by atoms with E-state index in [0.29, 0.717) is 11.9 Å². The number of nitrogens with zero attached hydrogens (tertiary/aromatic N) is 1. The number of hydrogen-bond donors (Lipinski definition) is 1. The largest absolute Gasteiger partial charge is 0.338 e. The average Bonchev–Trinajstić information content (AvgIpc) is 3.18. The van der Waals surface area contributed by atoms with Gasteiger partial charge >= 0.3 is 0 Å². The molecule has 2 aliphatic carbocycles. The van der Waals surface area contributed by atoms with Crippen LogP contribution in [0.5, 0.6) is 0 Å². The Morgan fingerprint density at radius 2 is 1.89 bits per heavy atom. The molecule has 2 saturated carbocycles. The van der Waals surface area contributed by atoms with E-state index < -0.39 is 0 Å². The van der Waals surface area contributed by atoms with Gasteiger partial charge in [0.2, 0.25) is 5.91 Å². The third-order valence-corrected chi connectivity index (χ3v) is 5.27. The van der Waals surface area contributed by atoms with Gasteiger partial charge in [0, 0.05) is 12.6 Å². The van der Waals surface area contributed by atoms with Crippen molar-refractivity contribution in [3.05, 3.63) is 0 Å². The molecule has 3 nitrogen and oxygen atoms in total. The minimum atomic E-state index is -0.267. The molecule has 0 spiro atoms. The van der Waals surface area contributed by atoms with Crippen LogP contribution in [0, 0.1) is 5.92 Å². The Hall–Kier alpha value is -0.570. The molecular formula is C16H28N2O. The van der Waals surface area contributed by atoms with Crippen LogP contribution in [0.4, 0.5) is 0 Å². The van der Waals surface area contributed by atoms with E-state index in [4.69, 9.17) is 0 Å². The van der Waals surface area contributed by atoms with Gasteiger partial charge in [-0.25, -0.2) is 0 Å². The summed E-state index contributed by atoms with van der Waals surface area (Å²) in [6.45, 7) is 4.14. The fraction of sp³-hybridized carbons (Fsp3) is 0.938. The fourth-order valence-electron chi connectivity index (χ4n) is 3.83. The summed E-state index contributed by atoms with van der Waals surface area (Å²) >= 11 is 0. The van der Waals surface area contributed by atoms with Gasteiger partial charge in [-0.3, -0.25) is 4.79 Å². The molecule has 108 valence electrons. The zero-order chi connectivity index (χ0) is 13.3. The smallest absolute Gasteiger partial charge is 0.242 e. The summed E-state index contributed by atoms with van der Waals surface area (Å²) in [6, 6.07) is 0.564. The molecule has 1 amide bonds. The van der Waals surface area contributed by atoms with E-state index in [0.717, 1.165) is 31.8 Å². The van der Waals surface area contributed by atoms with Gasteiger partial charge in [0.1, 0.15) is 0 Å². The van der Waals surface area contributed by atoms with Crippen LogP contribution in [-0.4, -0.2) is 35.5 Å². The first-order valence-corrected chi connectivity index (χ1v) is 8.25. The minimum absolute atomic E-state index is 0.267. The second-order valence-corrected chi connectivity index (χ2v) is 7.06. The van der Waals surface area contributed by atoms with Gasteiger partial charge in [-0.2, -0.15) is 0 Å². The Morgan fingerprint density at radius 3 is 2.47 bits per heavy atom. The first-order chi connectivity index (χ1) is 9.19. The Morgan fingerprint density at radius 1 is 1.16 bits per heavy atom. The molecule has 1 heterocycles. The van der Waals surface area contributed by atoms with Crippen molar-refractivity contribution in [3.8, 4) is 0 Å². The van der Waals surface area contributed by atoms with E-state index in [1.54, 1.807) is 0 Å². The third-order valence-electron chi connectivity index (χ3n) is 5.27. The van der Waals surface area contributed by atoms with Crippen LogP contribution >= 0.6 is 0 Å². The molecule has 1 aliphatic heterocycles. The predicted octanol–water partition coefficient (Wildman–Crippen LogP) is 2.70. The number of nitrogens with one attached hydrogen (secondary N) is 1. The Bertz CT molecular complexity index is 326. The lowest BCUT2D eigenvalue weighted by molar-refractivity contribution is -0.138. The number of carbonyl (C=O) groups is 1. The zero-order valence-corrected chi connectivity index (χ0v) is 12.3. The summed E-state index contributed by atoms with van der Waals surface area (Å²) < 4.78 is 0.